The smallest absolute Gasteiger partial charge is 0.223 e. The van der Waals surface area contributed by atoms with Crippen molar-refractivity contribution in [1.29, 1.82) is 0 Å². The lowest BCUT2D eigenvalue weighted by Gasteiger charge is -2.14. The summed E-state index contributed by atoms with van der Waals surface area (Å²) >= 11 is 1.67. The van der Waals surface area contributed by atoms with Crippen molar-refractivity contribution < 1.29 is 4.79 Å². The summed E-state index contributed by atoms with van der Waals surface area (Å²) in [6.45, 7) is 3.26. The number of nitrogens with zero attached hydrogens (tertiary/aromatic N) is 4. The summed E-state index contributed by atoms with van der Waals surface area (Å²) < 4.78 is 1.18. The molecule has 1 amide bonds. The first-order valence-corrected chi connectivity index (χ1v) is 9.00. The number of aromatic nitrogens is 3. The third-order valence-corrected chi connectivity index (χ3v) is 5.36. The molecule has 122 valence electrons. The molecule has 0 spiro atoms. The summed E-state index contributed by atoms with van der Waals surface area (Å²) in [5, 5.41) is 1.02. The van der Waals surface area contributed by atoms with Crippen molar-refractivity contribution in [2.24, 2.45) is 0 Å². The van der Waals surface area contributed by atoms with E-state index < -0.39 is 0 Å². The van der Waals surface area contributed by atoms with Crippen LogP contribution in [0.2, 0.25) is 0 Å². The number of para-hydroxylation sites is 1. The van der Waals surface area contributed by atoms with Gasteiger partial charge in [0.15, 0.2) is 0 Å². The van der Waals surface area contributed by atoms with E-state index in [9.17, 15) is 4.79 Å². The molecule has 0 saturated carbocycles. The zero-order chi connectivity index (χ0) is 16.5. The van der Waals surface area contributed by atoms with Gasteiger partial charge in [0.1, 0.15) is 5.82 Å². The minimum Gasteiger partial charge on any atom is -0.332 e. The second kappa shape index (κ2) is 6.28. The Morgan fingerprint density at radius 1 is 1.25 bits per heavy atom. The zero-order valence-electron chi connectivity index (χ0n) is 13.5. The van der Waals surface area contributed by atoms with Crippen LogP contribution in [0.3, 0.4) is 0 Å². The summed E-state index contributed by atoms with van der Waals surface area (Å²) in [5.74, 6) is 1.00. The molecule has 3 heterocycles. The first-order chi connectivity index (χ1) is 11.7. The topological polar surface area (TPSA) is 59.0 Å². The van der Waals surface area contributed by atoms with Gasteiger partial charge >= 0.3 is 0 Å². The molecule has 4 rings (SSSR count). The number of carbonyl (C=O) groups is 1. The third-order valence-electron chi connectivity index (χ3n) is 4.27. The fraction of sp³-hybridized carbons (Fsp3) is 0.333. The maximum atomic E-state index is 12.5. The Balaban J connectivity index is 1.40. The lowest BCUT2D eigenvalue weighted by atomic mass is 10.2. The summed E-state index contributed by atoms with van der Waals surface area (Å²) in [4.78, 5) is 27.8. The van der Waals surface area contributed by atoms with Gasteiger partial charge in [-0.2, -0.15) is 0 Å². The molecular formula is C18H18N4OS. The summed E-state index contributed by atoms with van der Waals surface area (Å²) in [7, 11) is 0. The fourth-order valence-corrected chi connectivity index (χ4v) is 3.91. The van der Waals surface area contributed by atoms with Crippen molar-refractivity contribution in [3.8, 4) is 0 Å². The molecule has 3 aromatic rings. The molecular weight excluding hydrogens is 320 g/mol. The highest BCUT2D eigenvalue weighted by Crippen LogP contribution is 2.24. The number of thiazole rings is 1. The molecule has 0 bridgehead atoms. The maximum Gasteiger partial charge on any atom is 0.223 e. The SMILES string of the molecule is CCc1ncc2c(n1)CN(C(=O)CCc1nc3ccccc3s1)C2. The fourth-order valence-electron chi connectivity index (χ4n) is 2.94. The molecule has 1 aromatic carbocycles. The second-order valence-corrected chi connectivity index (χ2v) is 7.05. The van der Waals surface area contributed by atoms with Crippen LogP contribution in [0.5, 0.6) is 0 Å². The Hall–Kier alpha value is -2.34. The Kier molecular flexibility index (Phi) is 3.98. The quantitative estimate of drug-likeness (QED) is 0.733. The van der Waals surface area contributed by atoms with Crippen molar-refractivity contribution in [2.75, 3.05) is 0 Å². The third kappa shape index (κ3) is 2.89. The number of hydrogen-bond donors (Lipinski definition) is 0. The van der Waals surface area contributed by atoms with Crippen LogP contribution in [0.4, 0.5) is 0 Å². The maximum absolute atomic E-state index is 12.5. The van der Waals surface area contributed by atoms with Gasteiger partial charge in [0.05, 0.1) is 27.5 Å². The van der Waals surface area contributed by atoms with Crippen LogP contribution in [0.25, 0.3) is 10.2 Å². The van der Waals surface area contributed by atoms with Crippen molar-refractivity contribution in [3.63, 3.8) is 0 Å². The number of fused-ring (bicyclic) bond motifs is 2. The molecule has 2 aromatic heterocycles. The van der Waals surface area contributed by atoms with Gasteiger partial charge in [-0.15, -0.1) is 11.3 Å². The van der Waals surface area contributed by atoms with E-state index in [0.717, 1.165) is 34.0 Å². The van der Waals surface area contributed by atoms with E-state index in [0.29, 0.717) is 25.9 Å². The number of rotatable bonds is 4. The van der Waals surface area contributed by atoms with Crippen molar-refractivity contribution in [3.05, 3.63) is 52.6 Å². The van der Waals surface area contributed by atoms with Crippen molar-refractivity contribution in [2.45, 2.75) is 39.3 Å². The van der Waals surface area contributed by atoms with Crippen molar-refractivity contribution in [1.82, 2.24) is 19.9 Å². The van der Waals surface area contributed by atoms with E-state index in [1.54, 1.807) is 11.3 Å². The van der Waals surface area contributed by atoms with Crippen LogP contribution >= 0.6 is 11.3 Å². The average Bonchev–Trinajstić information content (AvgIpc) is 3.22. The van der Waals surface area contributed by atoms with E-state index in [4.69, 9.17) is 0 Å². The first kappa shape index (κ1) is 15.2. The monoisotopic (exact) mass is 338 g/mol. The highest BCUT2D eigenvalue weighted by molar-refractivity contribution is 7.18. The molecule has 6 heteroatoms. The van der Waals surface area contributed by atoms with E-state index in [1.165, 1.54) is 4.70 Å². The van der Waals surface area contributed by atoms with Gasteiger partial charge in [0.2, 0.25) is 5.91 Å². The average molecular weight is 338 g/mol. The molecule has 1 aliphatic rings. The molecule has 0 radical (unpaired) electrons. The molecule has 0 saturated heterocycles. The highest BCUT2D eigenvalue weighted by Gasteiger charge is 2.25. The molecule has 0 N–H and O–H groups in total. The number of hydrogen-bond acceptors (Lipinski definition) is 5. The van der Waals surface area contributed by atoms with Gasteiger partial charge in [-0.25, -0.2) is 15.0 Å². The molecule has 0 unspecified atom stereocenters. The minimum absolute atomic E-state index is 0.158. The van der Waals surface area contributed by atoms with Gasteiger partial charge < -0.3 is 4.90 Å². The van der Waals surface area contributed by atoms with Crippen molar-refractivity contribution >= 4 is 27.5 Å². The second-order valence-electron chi connectivity index (χ2n) is 5.94. The minimum atomic E-state index is 0.158. The molecule has 0 atom stereocenters. The van der Waals surface area contributed by atoms with E-state index >= 15 is 0 Å². The van der Waals surface area contributed by atoms with Gasteiger partial charge in [-0.05, 0) is 12.1 Å². The van der Waals surface area contributed by atoms with Crippen LogP contribution in [0, 0.1) is 0 Å². The molecule has 24 heavy (non-hydrogen) atoms. The Morgan fingerprint density at radius 2 is 2.12 bits per heavy atom. The number of carbonyl (C=O) groups excluding carboxylic acids is 1. The number of aryl methyl sites for hydroxylation is 2. The number of benzene rings is 1. The van der Waals surface area contributed by atoms with E-state index in [2.05, 4.69) is 21.0 Å². The van der Waals surface area contributed by atoms with Crippen LogP contribution in [-0.2, 0) is 30.7 Å². The van der Waals surface area contributed by atoms with Crippen LogP contribution in [-0.4, -0.2) is 25.8 Å². The molecule has 5 nitrogen and oxygen atoms in total. The predicted octanol–water partition coefficient (Wildman–Crippen LogP) is 3.12. The lowest BCUT2D eigenvalue weighted by Crippen LogP contribution is -2.25. The Bertz CT molecular complexity index is 872. The normalized spacial score (nSPS) is 13.5. The van der Waals surface area contributed by atoms with Crippen LogP contribution in [0.15, 0.2) is 30.5 Å². The highest BCUT2D eigenvalue weighted by atomic mass is 32.1. The summed E-state index contributed by atoms with van der Waals surface area (Å²) in [5.41, 5.74) is 3.08. The van der Waals surface area contributed by atoms with Gasteiger partial charge in [-0.1, -0.05) is 19.1 Å². The van der Waals surface area contributed by atoms with Gasteiger partial charge in [0, 0.05) is 37.6 Å². The Morgan fingerprint density at radius 3 is 2.96 bits per heavy atom. The Labute approximate surface area is 144 Å². The zero-order valence-corrected chi connectivity index (χ0v) is 14.3. The van der Waals surface area contributed by atoms with E-state index in [1.807, 2.05) is 36.2 Å². The van der Waals surface area contributed by atoms with Gasteiger partial charge in [0.25, 0.3) is 0 Å². The predicted molar refractivity (Wildman–Crippen MR) is 93.6 cm³/mol. The van der Waals surface area contributed by atoms with Crippen LogP contribution < -0.4 is 0 Å². The standard InChI is InChI=1S/C18H18N4OS/c1-2-16-19-9-12-10-22(11-14(12)20-16)18(23)8-7-17-21-13-5-3-4-6-15(13)24-17/h3-6,9H,2,7-8,10-11H2,1H3. The summed E-state index contributed by atoms with van der Waals surface area (Å²) in [6, 6.07) is 8.09. The first-order valence-electron chi connectivity index (χ1n) is 8.19. The largest absolute Gasteiger partial charge is 0.332 e. The van der Waals surface area contributed by atoms with Crippen LogP contribution in [0.1, 0.15) is 35.4 Å². The lowest BCUT2D eigenvalue weighted by molar-refractivity contribution is -0.131. The van der Waals surface area contributed by atoms with Gasteiger partial charge in [-0.3, -0.25) is 4.79 Å². The molecule has 1 aliphatic heterocycles. The molecule has 0 fully saturated rings. The summed E-state index contributed by atoms with van der Waals surface area (Å²) in [6.07, 6.45) is 3.86. The number of amides is 1. The molecule has 0 aliphatic carbocycles. The van der Waals surface area contributed by atoms with E-state index in [-0.39, 0.29) is 5.91 Å².